The lowest BCUT2D eigenvalue weighted by molar-refractivity contribution is -0.148. The number of hydrogen-bond donors (Lipinski definition) is 5. The average molecular weight is 503 g/mol. The number of amides is 1. The first-order valence-corrected chi connectivity index (χ1v) is 11.2. The predicted molar refractivity (Wildman–Crippen MR) is 127 cm³/mol. The first kappa shape index (κ1) is 24.8. The Balaban J connectivity index is 2.01. The number of aliphatic hydroxyl groups is 3. The number of primary amides is 1. The minimum atomic E-state index is -2.68. The van der Waals surface area contributed by atoms with E-state index < -0.39 is 63.8 Å². The molecule has 0 saturated heterocycles. The van der Waals surface area contributed by atoms with Crippen LogP contribution in [0.15, 0.2) is 33.1 Å². The highest BCUT2D eigenvalue weighted by Crippen LogP contribution is 2.54. The lowest BCUT2D eigenvalue weighted by atomic mass is 9.58. The zero-order chi connectivity index (χ0) is 26.1. The summed E-state index contributed by atoms with van der Waals surface area (Å²) in [5, 5.41) is 44.4. The molecule has 0 fully saturated rings. The molecule has 1 aromatic carbocycles. The van der Waals surface area contributed by atoms with Crippen molar-refractivity contribution in [1.29, 1.82) is 0 Å². The Morgan fingerprint density at radius 2 is 1.83 bits per heavy atom. The van der Waals surface area contributed by atoms with Gasteiger partial charge in [0, 0.05) is 43.7 Å². The highest BCUT2D eigenvalue weighted by atomic mass is 32.1. The van der Waals surface area contributed by atoms with Crippen molar-refractivity contribution in [2.45, 2.75) is 24.5 Å². The van der Waals surface area contributed by atoms with E-state index in [0.29, 0.717) is 11.3 Å². The van der Waals surface area contributed by atoms with E-state index in [-0.39, 0.29) is 29.7 Å². The molecule has 0 aliphatic heterocycles. The molecule has 0 radical (unpaired) electrons. The number of hydrogen-bond acceptors (Lipinski definition) is 11. The van der Waals surface area contributed by atoms with Gasteiger partial charge in [-0.15, -0.1) is 0 Å². The number of ketones is 2. The van der Waals surface area contributed by atoms with Crippen molar-refractivity contribution < 1.29 is 34.8 Å². The van der Waals surface area contributed by atoms with E-state index in [9.17, 15) is 34.8 Å². The molecule has 11 nitrogen and oxygen atoms in total. The van der Waals surface area contributed by atoms with Gasteiger partial charge < -0.3 is 31.1 Å². The summed E-state index contributed by atoms with van der Waals surface area (Å²) in [4.78, 5) is 42.2. The monoisotopic (exact) mass is 502 g/mol. The number of Topliss-reactive ketones (excluding diaryl/α,β-unsaturated/α-hetero) is 2. The highest BCUT2D eigenvalue weighted by molar-refractivity contribution is 7.47. The third-order valence-electron chi connectivity index (χ3n) is 7.26. The zero-order valence-electron chi connectivity index (χ0n) is 19.6. The van der Waals surface area contributed by atoms with Crippen LogP contribution in [0.3, 0.4) is 0 Å². The van der Waals surface area contributed by atoms with Crippen LogP contribution in [-0.2, 0) is 28.4 Å². The molecule has 0 heterocycles. The number of anilines is 1. The Labute approximate surface area is 206 Å². The number of nitrogens with two attached hydrogens (primary N) is 1. The van der Waals surface area contributed by atoms with Crippen molar-refractivity contribution in [2.75, 3.05) is 33.1 Å². The van der Waals surface area contributed by atoms with Gasteiger partial charge in [-0.2, -0.15) is 4.36 Å². The van der Waals surface area contributed by atoms with Crippen molar-refractivity contribution in [3.05, 3.63) is 39.9 Å². The quantitative estimate of drug-likeness (QED) is 0.365. The lowest BCUT2D eigenvalue weighted by Gasteiger charge is -2.50. The molecule has 1 amide bonds. The van der Waals surface area contributed by atoms with Crippen molar-refractivity contribution in [3.8, 4) is 5.75 Å². The van der Waals surface area contributed by atoms with Crippen LogP contribution in [0.25, 0.3) is 0 Å². The van der Waals surface area contributed by atoms with Gasteiger partial charge in [0.25, 0.3) is 5.91 Å². The van der Waals surface area contributed by atoms with Gasteiger partial charge in [-0.05, 0) is 44.5 Å². The first-order valence-electron chi connectivity index (χ1n) is 10.8. The maximum absolute atomic E-state index is 13.7. The van der Waals surface area contributed by atoms with Gasteiger partial charge in [0.15, 0.2) is 17.1 Å². The molecule has 3 aliphatic carbocycles. The minimum Gasteiger partial charge on any atom is -0.510 e. The molecular formula is C23H26N4O7S. The average Bonchev–Trinajstić information content (AvgIpc) is 2.75. The molecular weight excluding hydrogens is 476 g/mol. The number of allylic oxidation sites excluding steroid dienone is 1. The zero-order valence-corrected chi connectivity index (χ0v) is 20.4. The van der Waals surface area contributed by atoms with E-state index in [1.165, 1.54) is 4.90 Å². The molecule has 186 valence electrons. The Kier molecular flexibility index (Phi) is 5.74. The summed E-state index contributed by atoms with van der Waals surface area (Å²) in [7, 11) is 6.66. The van der Waals surface area contributed by atoms with Crippen LogP contribution in [0.1, 0.15) is 22.3 Å². The van der Waals surface area contributed by atoms with Crippen molar-refractivity contribution in [2.24, 2.45) is 21.9 Å². The largest absolute Gasteiger partial charge is 0.510 e. The molecule has 6 N–H and O–H groups in total. The molecule has 35 heavy (non-hydrogen) atoms. The molecule has 0 spiro atoms. The summed E-state index contributed by atoms with van der Waals surface area (Å²) in [6.45, 7) is 0. The number of fused-ring (bicyclic) bond motifs is 3. The SMILES string of the molecule is CN(C)c1cc(N=S)c(O)c2c1C[C@H]1C[C@H]3[C@H](N(C)C)C(O)=C(C(N)=O)C(=O)[C@@]3(O)C(O)=C1C2=O. The third kappa shape index (κ3) is 3.20. The minimum absolute atomic E-state index is 0.00739. The van der Waals surface area contributed by atoms with Gasteiger partial charge in [-0.3, -0.25) is 19.3 Å². The highest BCUT2D eigenvalue weighted by Gasteiger charge is 2.63. The number of carbonyl (C=O) groups excluding carboxylic acids is 3. The molecule has 0 unspecified atom stereocenters. The molecule has 1 aromatic rings. The molecule has 0 bridgehead atoms. The van der Waals surface area contributed by atoms with Gasteiger partial charge in [-0.1, -0.05) is 0 Å². The maximum Gasteiger partial charge on any atom is 0.255 e. The summed E-state index contributed by atoms with van der Waals surface area (Å²) in [6, 6.07) is 0.520. The van der Waals surface area contributed by atoms with Crippen LogP contribution >= 0.6 is 0 Å². The van der Waals surface area contributed by atoms with E-state index in [1.807, 2.05) is 0 Å². The second kappa shape index (κ2) is 8.11. The van der Waals surface area contributed by atoms with Crippen LogP contribution in [0.5, 0.6) is 5.75 Å². The summed E-state index contributed by atoms with van der Waals surface area (Å²) >= 11 is 4.74. The number of aliphatic hydroxyl groups excluding tert-OH is 2. The maximum atomic E-state index is 13.7. The van der Waals surface area contributed by atoms with Crippen molar-refractivity contribution >= 4 is 41.3 Å². The van der Waals surface area contributed by atoms with Crippen molar-refractivity contribution in [3.63, 3.8) is 0 Å². The topological polar surface area (TPSA) is 177 Å². The Hall–Kier alpha value is -3.35. The molecule has 3 aliphatic rings. The van der Waals surface area contributed by atoms with Crippen LogP contribution in [0, 0.1) is 11.8 Å². The Bertz CT molecular complexity index is 1270. The van der Waals surface area contributed by atoms with Gasteiger partial charge in [-0.25, -0.2) is 0 Å². The van der Waals surface area contributed by atoms with Gasteiger partial charge in [0.05, 0.1) is 11.6 Å². The van der Waals surface area contributed by atoms with E-state index in [0.717, 1.165) is 0 Å². The predicted octanol–water partition coefficient (Wildman–Crippen LogP) is 0.549. The van der Waals surface area contributed by atoms with Crippen LogP contribution in [0.2, 0.25) is 0 Å². The molecule has 4 atom stereocenters. The van der Waals surface area contributed by atoms with Gasteiger partial charge in [0.2, 0.25) is 5.78 Å². The summed E-state index contributed by atoms with van der Waals surface area (Å²) in [5.74, 6) is -7.03. The number of carbonyl (C=O) groups is 3. The number of phenols is 1. The number of benzene rings is 1. The smallest absolute Gasteiger partial charge is 0.255 e. The second-order valence-corrected chi connectivity index (χ2v) is 9.75. The summed E-state index contributed by atoms with van der Waals surface area (Å²) < 4.78 is 3.62. The number of rotatable bonds is 4. The van der Waals surface area contributed by atoms with Crippen molar-refractivity contribution in [1.82, 2.24) is 4.90 Å². The van der Waals surface area contributed by atoms with E-state index in [4.69, 9.17) is 18.2 Å². The number of likely N-dealkylation sites (N-methyl/N-ethyl adjacent to an activating group) is 1. The van der Waals surface area contributed by atoms with Crippen LogP contribution in [-0.4, -0.2) is 82.6 Å². The fourth-order valence-electron chi connectivity index (χ4n) is 5.75. The number of aromatic hydroxyl groups is 1. The summed E-state index contributed by atoms with van der Waals surface area (Å²) in [5.41, 5.74) is 2.55. The molecule has 4 rings (SSSR count). The molecule has 12 heteroatoms. The van der Waals surface area contributed by atoms with E-state index >= 15 is 0 Å². The normalized spacial score (nSPS) is 28.0. The van der Waals surface area contributed by atoms with E-state index in [2.05, 4.69) is 4.36 Å². The second-order valence-electron chi connectivity index (χ2n) is 9.57. The lowest BCUT2D eigenvalue weighted by Crippen LogP contribution is -2.63. The molecule has 0 saturated carbocycles. The number of nitrogens with zero attached hydrogens (tertiary/aromatic N) is 3. The first-order chi connectivity index (χ1) is 16.3. The Morgan fingerprint density at radius 1 is 1.20 bits per heavy atom. The standard InChI is InChI=1S/C23H26N4O7S/c1-26(2)12-7-11(25-35)17(28)14-9(12)5-8-6-10-16(27(3)4)19(30)15(22(24)33)21(32)23(10,34)20(31)13(8)18(14)29/h7-8,10,16,28,30-31,34H,5-6H2,1-4H3,(H2,24,33)/t8-,10-,16-,23-/m0/s1. The van der Waals surface area contributed by atoms with Gasteiger partial charge in [0.1, 0.15) is 22.8 Å². The van der Waals surface area contributed by atoms with Crippen LogP contribution < -0.4 is 10.6 Å². The van der Waals surface area contributed by atoms with E-state index in [1.54, 1.807) is 39.2 Å². The fraction of sp³-hybridized carbons (Fsp3) is 0.435. The molecule has 0 aromatic heterocycles. The van der Waals surface area contributed by atoms with Crippen LogP contribution in [0.4, 0.5) is 11.4 Å². The number of phenolic OH excluding ortho intramolecular Hbond substituents is 1. The third-order valence-corrected chi connectivity index (χ3v) is 7.46. The summed E-state index contributed by atoms with van der Waals surface area (Å²) in [6.07, 6.45) is 0.208. The van der Waals surface area contributed by atoms with Gasteiger partial charge >= 0.3 is 0 Å². The Morgan fingerprint density at radius 3 is 2.34 bits per heavy atom. The fourth-order valence-corrected chi connectivity index (χ4v) is 5.89.